The van der Waals surface area contributed by atoms with E-state index in [1.165, 1.54) is 0 Å². The summed E-state index contributed by atoms with van der Waals surface area (Å²) < 4.78 is 11.0. The van der Waals surface area contributed by atoms with E-state index in [-0.39, 0.29) is 11.9 Å². The fraction of sp³-hybridized carbons (Fsp3) is 0.538. The molecule has 0 bridgehead atoms. The molecule has 106 valence electrons. The number of rotatable bonds is 7. The summed E-state index contributed by atoms with van der Waals surface area (Å²) in [5.41, 5.74) is 1.25. The van der Waals surface area contributed by atoms with Gasteiger partial charge in [-0.25, -0.2) is 0 Å². The predicted molar refractivity (Wildman–Crippen MR) is 78.9 cm³/mol. The van der Waals surface area contributed by atoms with Crippen molar-refractivity contribution >= 4 is 22.4 Å². The second-order valence-electron chi connectivity index (χ2n) is 4.40. The van der Waals surface area contributed by atoms with Crippen LogP contribution in [-0.2, 0) is 10.8 Å². The Morgan fingerprint density at radius 3 is 2.89 bits per heavy atom. The summed E-state index contributed by atoms with van der Waals surface area (Å²) in [7, 11) is -0.775. The number of amides is 1. The van der Waals surface area contributed by atoms with Gasteiger partial charge in [0.15, 0.2) is 0 Å². The average Bonchev–Trinajstić information content (AvgIpc) is 2.37. The van der Waals surface area contributed by atoms with Gasteiger partial charge in [0.1, 0.15) is 5.69 Å². The third kappa shape index (κ3) is 5.83. The fourth-order valence-electron chi connectivity index (χ4n) is 1.60. The Bertz CT molecular complexity index is 451. The van der Waals surface area contributed by atoms with Crippen LogP contribution in [-0.4, -0.2) is 39.7 Å². The minimum atomic E-state index is -0.775. The molecule has 0 spiro atoms. The minimum absolute atomic E-state index is 0.173. The Morgan fingerprint density at radius 2 is 2.26 bits per heavy atom. The molecule has 0 aliphatic heterocycles. The number of anilines is 1. The van der Waals surface area contributed by atoms with Crippen molar-refractivity contribution in [3.8, 4) is 0 Å². The highest BCUT2D eigenvalue weighted by atomic mass is 32.2. The second-order valence-corrected chi connectivity index (χ2v) is 5.96. The van der Waals surface area contributed by atoms with E-state index < -0.39 is 10.8 Å². The smallest absolute Gasteiger partial charge is 0.269 e. The zero-order valence-corrected chi connectivity index (χ0v) is 12.4. The van der Waals surface area contributed by atoms with Gasteiger partial charge < -0.3 is 10.6 Å². The van der Waals surface area contributed by atoms with Crippen LogP contribution >= 0.6 is 0 Å². The van der Waals surface area contributed by atoms with Gasteiger partial charge in [-0.05, 0) is 32.4 Å². The van der Waals surface area contributed by atoms with Crippen molar-refractivity contribution < 1.29 is 9.00 Å². The predicted octanol–water partition coefficient (Wildman–Crippen LogP) is 1.40. The van der Waals surface area contributed by atoms with Crippen LogP contribution in [0.1, 0.15) is 30.8 Å². The summed E-state index contributed by atoms with van der Waals surface area (Å²) in [6, 6.07) is 3.75. The molecule has 2 unspecified atom stereocenters. The number of carbonyl (C=O) groups is 1. The number of hydrogen-bond donors (Lipinski definition) is 2. The van der Waals surface area contributed by atoms with Crippen molar-refractivity contribution in [3.05, 3.63) is 24.0 Å². The molecule has 0 radical (unpaired) electrons. The van der Waals surface area contributed by atoms with Crippen LogP contribution in [0.5, 0.6) is 0 Å². The first kappa shape index (κ1) is 15.6. The van der Waals surface area contributed by atoms with E-state index in [1.807, 2.05) is 19.9 Å². The lowest BCUT2D eigenvalue weighted by molar-refractivity contribution is 0.0951. The maximum Gasteiger partial charge on any atom is 0.269 e. The molecule has 5 nitrogen and oxygen atoms in total. The number of nitrogens with one attached hydrogen (secondary N) is 2. The van der Waals surface area contributed by atoms with Crippen LogP contribution in [0, 0.1) is 0 Å². The molecular weight excluding hydrogens is 262 g/mol. The van der Waals surface area contributed by atoms with Gasteiger partial charge in [-0.2, -0.15) is 0 Å². The van der Waals surface area contributed by atoms with Gasteiger partial charge in [0.05, 0.1) is 0 Å². The molecule has 2 N–H and O–H groups in total. The summed E-state index contributed by atoms with van der Waals surface area (Å²) in [6.07, 6.45) is 4.13. The van der Waals surface area contributed by atoms with E-state index >= 15 is 0 Å². The molecule has 1 aromatic heterocycles. The van der Waals surface area contributed by atoms with Crippen molar-refractivity contribution in [1.29, 1.82) is 0 Å². The molecule has 0 aromatic carbocycles. The van der Waals surface area contributed by atoms with Gasteiger partial charge in [0.25, 0.3) is 5.91 Å². The molecule has 2 atom stereocenters. The summed E-state index contributed by atoms with van der Waals surface area (Å²) >= 11 is 0. The number of nitrogens with zero attached hydrogens (tertiary/aromatic N) is 1. The monoisotopic (exact) mass is 283 g/mol. The van der Waals surface area contributed by atoms with Gasteiger partial charge in [-0.1, -0.05) is 0 Å². The quantitative estimate of drug-likeness (QED) is 0.793. The van der Waals surface area contributed by atoms with Crippen LogP contribution in [0.2, 0.25) is 0 Å². The highest BCUT2D eigenvalue weighted by Crippen LogP contribution is 2.11. The van der Waals surface area contributed by atoms with Crippen LogP contribution in [0.15, 0.2) is 18.3 Å². The molecule has 0 fully saturated rings. The Labute approximate surface area is 116 Å². The highest BCUT2D eigenvalue weighted by molar-refractivity contribution is 7.84. The number of pyridine rings is 1. The lowest BCUT2D eigenvalue weighted by Gasteiger charge is -2.15. The van der Waals surface area contributed by atoms with Gasteiger partial charge >= 0.3 is 0 Å². The number of hydrogen-bond acceptors (Lipinski definition) is 4. The number of carbonyl (C=O) groups excluding carboxylic acids is 1. The lowest BCUT2D eigenvalue weighted by atomic mass is 10.2. The van der Waals surface area contributed by atoms with E-state index in [2.05, 4.69) is 15.6 Å². The molecule has 0 saturated carbocycles. The average molecular weight is 283 g/mol. The first-order valence-corrected chi connectivity index (χ1v) is 8.06. The first-order chi connectivity index (χ1) is 9.02. The highest BCUT2D eigenvalue weighted by Gasteiger charge is 2.08. The third-order valence-electron chi connectivity index (χ3n) is 2.58. The van der Waals surface area contributed by atoms with E-state index in [4.69, 9.17) is 0 Å². The molecule has 1 rings (SSSR count). The maximum absolute atomic E-state index is 11.7. The van der Waals surface area contributed by atoms with Gasteiger partial charge in [-0.3, -0.25) is 14.0 Å². The topological polar surface area (TPSA) is 71.1 Å². The van der Waals surface area contributed by atoms with Crippen LogP contribution in [0.25, 0.3) is 0 Å². The SMILES string of the molecule is CCNC(=O)c1cc(NC(C)CCS(C)=O)ccn1. The van der Waals surface area contributed by atoms with Crippen molar-refractivity contribution in [3.63, 3.8) is 0 Å². The Morgan fingerprint density at radius 1 is 1.53 bits per heavy atom. The Balaban J connectivity index is 2.61. The minimum Gasteiger partial charge on any atom is -0.382 e. The zero-order chi connectivity index (χ0) is 14.3. The fourth-order valence-corrected chi connectivity index (χ4v) is 2.28. The Hall–Kier alpha value is -1.43. The van der Waals surface area contributed by atoms with Gasteiger partial charge in [-0.15, -0.1) is 0 Å². The molecule has 0 aliphatic carbocycles. The van der Waals surface area contributed by atoms with Crippen molar-refractivity contribution in [2.24, 2.45) is 0 Å². The standard InChI is InChI=1S/C13H21N3O2S/c1-4-14-13(17)12-9-11(5-7-15-12)16-10(2)6-8-19(3)18/h5,7,9-10H,4,6,8H2,1-3H3,(H,14,17)(H,15,16). The number of aromatic nitrogens is 1. The summed E-state index contributed by atoms with van der Waals surface area (Å²) in [5, 5.41) is 5.99. The van der Waals surface area contributed by atoms with E-state index in [1.54, 1.807) is 18.5 Å². The second kappa shape index (κ2) is 7.89. The maximum atomic E-state index is 11.7. The van der Waals surface area contributed by atoms with Crippen LogP contribution in [0.3, 0.4) is 0 Å². The third-order valence-corrected chi connectivity index (χ3v) is 3.39. The Kier molecular flexibility index (Phi) is 6.49. The van der Waals surface area contributed by atoms with E-state index in [0.717, 1.165) is 12.1 Å². The molecule has 19 heavy (non-hydrogen) atoms. The van der Waals surface area contributed by atoms with Crippen molar-refractivity contribution in [2.75, 3.05) is 23.9 Å². The zero-order valence-electron chi connectivity index (χ0n) is 11.6. The molecule has 1 heterocycles. The lowest BCUT2D eigenvalue weighted by Crippen LogP contribution is -2.24. The van der Waals surface area contributed by atoms with E-state index in [0.29, 0.717) is 18.0 Å². The summed E-state index contributed by atoms with van der Waals surface area (Å²) in [5.74, 6) is 0.496. The van der Waals surface area contributed by atoms with Gasteiger partial charge in [0, 0.05) is 47.3 Å². The summed E-state index contributed by atoms with van der Waals surface area (Å²) in [6.45, 7) is 4.48. The molecule has 6 heteroatoms. The van der Waals surface area contributed by atoms with Crippen molar-refractivity contribution in [2.45, 2.75) is 26.3 Å². The molecule has 0 saturated heterocycles. The summed E-state index contributed by atoms with van der Waals surface area (Å²) in [4.78, 5) is 15.7. The molecule has 1 aromatic rings. The van der Waals surface area contributed by atoms with Crippen LogP contribution < -0.4 is 10.6 Å². The van der Waals surface area contributed by atoms with Gasteiger partial charge in [0.2, 0.25) is 0 Å². The molecular formula is C13H21N3O2S. The molecule has 1 amide bonds. The van der Waals surface area contributed by atoms with Crippen LogP contribution in [0.4, 0.5) is 5.69 Å². The molecule has 0 aliphatic rings. The largest absolute Gasteiger partial charge is 0.382 e. The van der Waals surface area contributed by atoms with Crippen molar-refractivity contribution in [1.82, 2.24) is 10.3 Å². The van der Waals surface area contributed by atoms with E-state index in [9.17, 15) is 9.00 Å². The normalized spacial score (nSPS) is 13.6. The first-order valence-electron chi connectivity index (χ1n) is 6.33.